The number of benzene rings is 1. The fourth-order valence-corrected chi connectivity index (χ4v) is 4.36. The number of carbonyl (C=O) groups is 1. The third-order valence-electron chi connectivity index (χ3n) is 4.20. The fraction of sp³-hybridized carbons (Fsp3) is 0.316. The van der Waals surface area contributed by atoms with Crippen LogP contribution in [-0.4, -0.2) is 26.4 Å². The largest absolute Gasteiger partial charge is 0.325 e. The lowest BCUT2D eigenvalue weighted by Crippen LogP contribution is -2.14. The Morgan fingerprint density at radius 2 is 1.85 bits per heavy atom. The van der Waals surface area contributed by atoms with Crippen LogP contribution < -0.4 is 5.32 Å². The maximum atomic E-state index is 12.3. The van der Waals surface area contributed by atoms with Crippen molar-refractivity contribution in [1.82, 2.24) is 14.8 Å². The number of hydrogen-bond acceptors (Lipinski definition) is 5. The van der Waals surface area contributed by atoms with E-state index in [0.717, 1.165) is 33.4 Å². The van der Waals surface area contributed by atoms with E-state index < -0.39 is 0 Å². The van der Waals surface area contributed by atoms with Crippen molar-refractivity contribution in [1.29, 1.82) is 0 Å². The van der Waals surface area contributed by atoms with Crippen LogP contribution in [0, 0.1) is 27.7 Å². The topological polar surface area (TPSA) is 59.8 Å². The summed E-state index contributed by atoms with van der Waals surface area (Å²) in [6.45, 7) is 8.24. The number of hydrogen-bond donors (Lipinski definition) is 1. The number of aryl methyl sites for hydroxylation is 3. The second kappa shape index (κ2) is 7.63. The van der Waals surface area contributed by atoms with Gasteiger partial charge < -0.3 is 9.88 Å². The molecule has 0 saturated heterocycles. The molecule has 0 aliphatic carbocycles. The summed E-state index contributed by atoms with van der Waals surface area (Å²) in [5.74, 6) is 1.08. The van der Waals surface area contributed by atoms with Crippen molar-refractivity contribution in [3.63, 3.8) is 0 Å². The van der Waals surface area contributed by atoms with E-state index in [9.17, 15) is 4.79 Å². The minimum atomic E-state index is -0.0490. The number of nitrogens with one attached hydrogen (secondary N) is 1. The van der Waals surface area contributed by atoms with Gasteiger partial charge in [0.2, 0.25) is 5.91 Å². The first kappa shape index (κ1) is 18.7. The van der Waals surface area contributed by atoms with E-state index in [-0.39, 0.29) is 5.91 Å². The quantitative estimate of drug-likeness (QED) is 0.656. The average molecular weight is 387 g/mol. The minimum Gasteiger partial charge on any atom is -0.325 e. The summed E-state index contributed by atoms with van der Waals surface area (Å²) >= 11 is 3.11. The van der Waals surface area contributed by atoms with Gasteiger partial charge in [0.15, 0.2) is 11.0 Å². The molecule has 136 valence electrons. The number of anilines is 1. The summed E-state index contributed by atoms with van der Waals surface area (Å²) in [7, 11) is 1.94. The Labute approximate surface area is 161 Å². The maximum Gasteiger partial charge on any atom is 0.234 e. The van der Waals surface area contributed by atoms with Gasteiger partial charge in [0.25, 0.3) is 0 Å². The molecule has 3 aromatic rings. The van der Waals surface area contributed by atoms with Gasteiger partial charge in [-0.15, -0.1) is 21.5 Å². The van der Waals surface area contributed by atoms with E-state index in [2.05, 4.69) is 40.8 Å². The van der Waals surface area contributed by atoms with Gasteiger partial charge >= 0.3 is 0 Å². The van der Waals surface area contributed by atoms with Gasteiger partial charge in [0.1, 0.15) is 0 Å². The monoisotopic (exact) mass is 386 g/mol. The number of thiophene rings is 1. The standard InChI is InChI=1S/C19H22N4OS2/c1-11-6-12(2)8-15(7-11)20-17(24)10-26-19-22-21-18(23(19)5)16-9-25-14(4)13(16)3/h6-9H,10H2,1-5H3,(H,20,24). The number of aromatic nitrogens is 3. The van der Waals surface area contributed by atoms with Crippen LogP contribution in [0.4, 0.5) is 5.69 Å². The van der Waals surface area contributed by atoms with E-state index in [1.54, 1.807) is 11.3 Å². The van der Waals surface area contributed by atoms with Crippen molar-refractivity contribution in [2.45, 2.75) is 32.9 Å². The molecule has 2 heterocycles. The normalized spacial score (nSPS) is 11.0. The molecule has 0 aliphatic rings. The second-order valence-corrected chi connectivity index (χ2v) is 8.44. The Kier molecular flexibility index (Phi) is 5.48. The summed E-state index contributed by atoms with van der Waals surface area (Å²) in [5.41, 5.74) is 5.43. The molecule has 0 atom stereocenters. The third-order valence-corrected chi connectivity index (χ3v) is 6.23. The van der Waals surface area contributed by atoms with Crippen LogP contribution in [0.5, 0.6) is 0 Å². The van der Waals surface area contributed by atoms with E-state index >= 15 is 0 Å². The number of carbonyl (C=O) groups excluding carboxylic acids is 1. The van der Waals surface area contributed by atoms with Crippen molar-refractivity contribution >= 4 is 34.7 Å². The van der Waals surface area contributed by atoms with Crippen molar-refractivity contribution in [2.75, 3.05) is 11.1 Å². The molecule has 0 spiro atoms. The predicted octanol–water partition coefficient (Wildman–Crippen LogP) is 4.51. The molecule has 1 N–H and O–H groups in total. The Balaban J connectivity index is 1.66. The number of rotatable bonds is 5. The first-order chi connectivity index (χ1) is 12.3. The number of amides is 1. The molecule has 7 heteroatoms. The molecular weight excluding hydrogens is 364 g/mol. The molecule has 5 nitrogen and oxygen atoms in total. The van der Waals surface area contributed by atoms with Crippen LogP contribution >= 0.6 is 23.1 Å². The van der Waals surface area contributed by atoms with Crippen LogP contribution in [0.2, 0.25) is 0 Å². The van der Waals surface area contributed by atoms with Crippen LogP contribution in [0.25, 0.3) is 11.4 Å². The van der Waals surface area contributed by atoms with Gasteiger partial charge in [-0.05, 0) is 56.5 Å². The minimum absolute atomic E-state index is 0.0490. The Morgan fingerprint density at radius 3 is 2.46 bits per heavy atom. The highest BCUT2D eigenvalue weighted by Gasteiger charge is 2.16. The fourth-order valence-electron chi connectivity index (χ4n) is 2.78. The van der Waals surface area contributed by atoms with Gasteiger partial charge in [-0.25, -0.2) is 0 Å². The first-order valence-electron chi connectivity index (χ1n) is 8.30. The molecule has 3 rings (SSSR count). The van der Waals surface area contributed by atoms with Gasteiger partial charge in [-0.3, -0.25) is 4.79 Å². The Hall–Kier alpha value is -2.12. The van der Waals surface area contributed by atoms with Gasteiger partial charge in [-0.2, -0.15) is 0 Å². The van der Waals surface area contributed by atoms with Crippen LogP contribution in [-0.2, 0) is 11.8 Å². The molecule has 0 radical (unpaired) electrons. The van der Waals surface area contributed by atoms with Crippen LogP contribution in [0.15, 0.2) is 28.7 Å². The smallest absolute Gasteiger partial charge is 0.234 e. The molecule has 0 unspecified atom stereocenters. The molecule has 26 heavy (non-hydrogen) atoms. The summed E-state index contributed by atoms with van der Waals surface area (Å²) < 4.78 is 1.95. The van der Waals surface area contributed by atoms with E-state index in [1.165, 1.54) is 22.2 Å². The zero-order valence-electron chi connectivity index (χ0n) is 15.6. The Bertz CT molecular complexity index is 938. The lowest BCUT2D eigenvalue weighted by atomic mass is 10.1. The molecule has 0 saturated carbocycles. The van der Waals surface area contributed by atoms with Gasteiger partial charge in [-0.1, -0.05) is 17.8 Å². The maximum absolute atomic E-state index is 12.3. The zero-order valence-corrected chi connectivity index (χ0v) is 17.2. The molecule has 1 aromatic carbocycles. The summed E-state index contributed by atoms with van der Waals surface area (Å²) in [5, 5.41) is 14.4. The summed E-state index contributed by atoms with van der Waals surface area (Å²) in [6.07, 6.45) is 0. The summed E-state index contributed by atoms with van der Waals surface area (Å²) in [6, 6.07) is 6.02. The number of thioether (sulfide) groups is 1. The average Bonchev–Trinajstić information content (AvgIpc) is 3.08. The summed E-state index contributed by atoms with van der Waals surface area (Å²) in [4.78, 5) is 13.5. The number of nitrogens with zero attached hydrogens (tertiary/aromatic N) is 3. The lowest BCUT2D eigenvalue weighted by Gasteiger charge is -2.07. The predicted molar refractivity (Wildman–Crippen MR) is 109 cm³/mol. The Morgan fingerprint density at radius 1 is 1.15 bits per heavy atom. The highest BCUT2D eigenvalue weighted by molar-refractivity contribution is 7.99. The third kappa shape index (κ3) is 3.99. The van der Waals surface area contributed by atoms with Crippen molar-refractivity contribution in [3.8, 4) is 11.4 Å². The van der Waals surface area contributed by atoms with Crippen LogP contribution in [0.1, 0.15) is 21.6 Å². The lowest BCUT2D eigenvalue weighted by molar-refractivity contribution is -0.113. The van der Waals surface area contributed by atoms with Crippen molar-refractivity contribution in [2.24, 2.45) is 7.05 Å². The highest BCUT2D eigenvalue weighted by atomic mass is 32.2. The molecular formula is C19H22N4OS2. The molecule has 0 bridgehead atoms. The first-order valence-corrected chi connectivity index (χ1v) is 10.2. The molecule has 0 fully saturated rings. The zero-order chi connectivity index (χ0) is 18.8. The molecule has 2 aromatic heterocycles. The van der Waals surface area contributed by atoms with Crippen molar-refractivity contribution < 1.29 is 4.79 Å². The van der Waals surface area contributed by atoms with Gasteiger partial charge in [0, 0.05) is 28.6 Å². The van der Waals surface area contributed by atoms with E-state index in [4.69, 9.17) is 0 Å². The second-order valence-electron chi connectivity index (χ2n) is 6.41. The van der Waals surface area contributed by atoms with Crippen molar-refractivity contribution in [3.05, 3.63) is 45.1 Å². The van der Waals surface area contributed by atoms with Crippen LogP contribution in [0.3, 0.4) is 0 Å². The SMILES string of the molecule is Cc1cc(C)cc(NC(=O)CSc2nnc(-c3csc(C)c3C)n2C)c1. The highest BCUT2D eigenvalue weighted by Crippen LogP contribution is 2.30. The van der Waals surface area contributed by atoms with E-state index in [0.29, 0.717) is 5.75 Å². The molecule has 1 amide bonds. The van der Waals surface area contributed by atoms with E-state index in [1.807, 2.05) is 37.6 Å². The van der Waals surface area contributed by atoms with Gasteiger partial charge in [0.05, 0.1) is 5.75 Å². The molecule has 0 aliphatic heterocycles.